The summed E-state index contributed by atoms with van der Waals surface area (Å²) in [5.74, 6) is 1.94. The van der Waals surface area contributed by atoms with Crippen LogP contribution in [-0.2, 0) is 12.0 Å². The largest absolute Gasteiger partial charge is 0.354 e. The summed E-state index contributed by atoms with van der Waals surface area (Å²) in [5, 5.41) is 13.4. The quantitative estimate of drug-likeness (QED) is 0.717. The molecule has 0 unspecified atom stereocenters. The number of likely N-dealkylation sites (tertiary alicyclic amines) is 1. The van der Waals surface area contributed by atoms with Crippen molar-refractivity contribution < 1.29 is 0 Å². The number of rotatable bonds is 3. The first-order valence-corrected chi connectivity index (χ1v) is 9.66. The average Bonchev–Trinajstić information content (AvgIpc) is 3.00. The lowest BCUT2D eigenvalue weighted by atomic mass is 9.72. The minimum absolute atomic E-state index is 0.0763. The third-order valence-corrected chi connectivity index (χ3v) is 5.66. The number of benzene rings is 1. The van der Waals surface area contributed by atoms with Gasteiger partial charge in [0, 0.05) is 43.6 Å². The second kappa shape index (κ2) is 5.76. The molecule has 3 aromatic rings. The van der Waals surface area contributed by atoms with E-state index in [1.807, 2.05) is 10.6 Å². The molecule has 2 saturated heterocycles. The van der Waals surface area contributed by atoms with E-state index < -0.39 is 0 Å². The van der Waals surface area contributed by atoms with Crippen molar-refractivity contribution in [2.75, 3.05) is 31.1 Å². The number of anilines is 1. The van der Waals surface area contributed by atoms with E-state index in [4.69, 9.17) is 5.10 Å². The predicted octanol–water partition coefficient (Wildman–Crippen LogP) is 2.74. The van der Waals surface area contributed by atoms with E-state index in [1.165, 1.54) is 18.7 Å². The molecule has 0 N–H and O–H groups in total. The standard InChI is InChI=1S/C21H26N6/c1-20(2,3)19-23-22-17-9-10-18(24-27(17)19)26-14-21(15-26)12-25(13-21)11-16-7-5-4-6-8-16/h4-10H,11-15H2,1-3H3. The van der Waals surface area contributed by atoms with Gasteiger partial charge in [-0.2, -0.15) is 4.52 Å². The highest BCUT2D eigenvalue weighted by molar-refractivity contribution is 5.49. The molecule has 0 radical (unpaired) electrons. The molecule has 2 aliphatic heterocycles. The van der Waals surface area contributed by atoms with Gasteiger partial charge in [-0.3, -0.25) is 4.90 Å². The molecular formula is C21H26N6. The van der Waals surface area contributed by atoms with Gasteiger partial charge in [0.15, 0.2) is 11.5 Å². The van der Waals surface area contributed by atoms with Crippen molar-refractivity contribution in [2.24, 2.45) is 5.41 Å². The van der Waals surface area contributed by atoms with E-state index in [2.05, 4.69) is 77.2 Å². The number of hydrogen-bond acceptors (Lipinski definition) is 5. The molecule has 1 spiro atoms. The molecule has 27 heavy (non-hydrogen) atoms. The molecule has 140 valence electrons. The summed E-state index contributed by atoms with van der Waals surface area (Å²) in [6, 6.07) is 14.8. The third kappa shape index (κ3) is 2.88. The SMILES string of the molecule is CC(C)(C)c1nnc2ccc(N3CC4(CN(Cc5ccccc5)C4)C3)nn12. The average molecular weight is 362 g/mol. The lowest BCUT2D eigenvalue weighted by molar-refractivity contribution is -0.0277. The molecule has 0 saturated carbocycles. The van der Waals surface area contributed by atoms with Crippen LogP contribution in [0.3, 0.4) is 0 Å². The second-order valence-corrected chi connectivity index (χ2v) is 9.22. The van der Waals surface area contributed by atoms with Gasteiger partial charge in [0.25, 0.3) is 0 Å². The number of nitrogens with zero attached hydrogens (tertiary/aromatic N) is 6. The van der Waals surface area contributed by atoms with Crippen LogP contribution < -0.4 is 4.90 Å². The molecule has 2 aliphatic rings. The summed E-state index contributed by atoms with van der Waals surface area (Å²) >= 11 is 0. The van der Waals surface area contributed by atoms with Crippen molar-refractivity contribution in [3.8, 4) is 0 Å². The monoisotopic (exact) mass is 362 g/mol. The van der Waals surface area contributed by atoms with Crippen LogP contribution in [0.15, 0.2) is 42.5 Å². The summed E-state index contributed by atoms with van der Waals surface area (Å²) < 4.78 is 1.91. The molecule has 0 aliphatic carbocycles. The maximum absolute atomic E-state index is 4.84. The first kappa shape index (κ1) is 16.7. The summed E-state index contributed by atoms with van der Waals surface area (Å²) in [5.41, 5.74) is 2.59. The molecule has 0 atom stereocenters. The van der Waals surface area contributed by atoms with Gasteiger partial charge in [-0.1, -0.05) is 51.1 Å². The van der Waals surface area contributed by atoms with Crippen molar-refractivity contribution in [1.82, 2.24) is 24.7 Å². The van der Waals surface area contributed by atoms with E-state index in [9.17, 15) is 0 Å². The Kier molecular flexibility index (Phi) is 3.56. The maximum atomic E-state index is 4.84. The second-order valence-electron chi connectivity index (χ2n) is 9.22. The van der Waals surface area contributed by atoms with Gasteiger partial charge in [-0.05, 0) is 17.7 Å². The van der Waals surface area contributed by atoms with Crippen molar-refractivity contribution in [3.63, 3.8) is 0 Å². The number of hydrogen-bond donors (Lipinski definition) is 0. The fourth-order valence-electron chi connectivity index (χ4n) is 4.40. The van der Waals surface area contributed by atoms with Gasteiger partial charge in [-0.25, -0.2) is 0 Å². The summed E-state index contributed by atoms with van der Waals surface area (Å²) in [7, 11) is 0. The fraction of sp³-hybridized carbons (Fsp3) is 0.476. The first-order chi connectivity index (χ1) is 12.9. The number of aromatic nitrogens is 4. The lowest BCUT2D eigenvalue weighted by Crippen LogP contribution is -2.72. The van der Waals surface area contributed by atoms with Gasteiger partial charge >= 0.3 is 0 Å². The van der Waals surface area contributed by atoms with Gasteiger partial charge in [0.2, 0.25) is 0 Å². The zero-order chi connectivity index (χ0) is 18.6. The first-order valence-electron chi connectivity index (χ1n) is 9.66. The molecular weight excluding hydrogens is 336 g/mol. The third-order valence-electron chi connectivity index (χ3n) is 5.66. The van der Waals surface area contributed by atoms with Crippen molar-refractivity contribution in [3.05, 3.63) is 53.9 Å². The van der Waals surface area contributed by atoms with Crippen LogP contribution in [0.2, 0.25) is 0 Å². The van der Waals surface area contributed by atoms with Crippen LogP contribution in [-0.4, -0.2) is 50.9 Å². The van der Waals surface area contributed by atoms with Crippen molar-refractivity contribution >= 4 is 11.5 Å². The van der Waals surface area contributed by atoms with E-state index in [0.717, 1.165) is 36.9 Å². The van der Waals surface area contributed by atoms with Crippen LogP contribution in [0.5, 0.6) is 0 Å². The summed E-state index contributed by atoms with van der Waals surface area (Å²) in [4.78, 5) is 4.92. The van der Waals surface area contributed by atoms with Gasteiger partial charge < -0.3 is 4.90 Å². The molecule has 2 fully saturated rings. The van der Waals surface area contributed by atoms with Gasteiger partial charge in [0.05, 0.1) is 0 Å². The highest BCUT2D eigenvalue weighted by atomic mass is 15.4. The molecule has 0 amide bonds. The summed E-state index contributed by atoms with van der Waals surface area (Å²) in [6.07, 6.45) is 0. The molecule has 1 aromatic carbocycles. The van der Waals surface area contributed by atoms with Crippen molar-refractivity contribution in [2.45, 2.75) is 32.7 Å². The topological polar surface area (TPSA) is 49.6 Å². The van der Waals surface area contributed by atoms with Crippen LogP contribution in [0, 0.1) is 5.41 Å². The molecule has 4 heterocycles. The minimum Gasteiger partial charge on any atom is -0.354 e. The predicted molar refractivity (Wildman–Crippen MR) is 106 cm³/mol. The number of fused-ring (bicyclic) bond motifs is 1. The van der Waals surface area contributed by atoms with Crippen LogP contribution >= 0.6 is 0 Å². The maximum Gasteiger partial charge on any atom is 0.178 e. The summed E-state index contributed by atoms with van der Waals surface area (Å²) in [6.45, 7) is 12.0. The van der Waals surface area contributed by atoms with Crippen LogP contribution in [0.1, 0.15) is 32.2 Å². The molecule has 6 heteroatoms. The Bertz CT molecular complexity index is 957. The smallest absolute Gasteiger partial charge is 0.178 e. The van der Waals surface area contributed by atoms with E-state index in [1.54, 1.807) is 0 Å². The Balaban J connectivity index is 1.25. The highest BCUT2D eigenvalue weighted by Gasteiger charge is 2.51. The fourth-order valence-corrected chi connectivity index (χ4v) is 4.40. The zero-order valence-electron chi connectivity index (χ0n) is 16.3. The van der Waals surface area contributed by atoms with E-state index in [-0.39, 0.29) is 5.41 Å². The van der Waals surface area contributed by atoms with Crippen molar-refractivity contribution in [1.29, 1.82) is 0 Å². The van der Waals surface area contributed by atoms with Crippen LogP contribution in [0.4, 0.5) is 5.82 Å². The van der Waals surface area contributed by atoms with E-state index >= 15 is 0 Å². The van der Waals surface area contributed by atoms with Crippen LogP contribution in [0.25, 0.3) is 5.65 Å². The Morgan fingerprint density at radius 1 is 0.926 bits per heavy atom. The lowest BCUT2D eigenvalue weighted by Gasteiger charge is -2.60. The Morgan fingerprint density at radius 3 is 2.37 bits per heavy atom. The zero-order valence-corrected chi connectivity index (χ0v) is 16.3. The normalized spacial score (nSPS) is 19.3. The van der Waals surface area contributed by atoms with Gasteiger partial charge in [-0.15, -0.1) is 15.3 Å². The Hall–Kier alpha value is -2.47. The molecule has 2 aromatic heterocycles. The Morgan fingerprint density at radius 2 is 1.67 bits per heavy atom. The van der Waals surface area contributed by atoms with E-state index in [0.29, 0.717) is 5.41 Å². The van der Waals surface area contributed by atoms with Gasteiger partial charge in [0.1, 0.15) is 5.82 Å². The highest BCUT2D eigenvalue weighted by Crippen LogP contribution is 2.41. The molecule has 0 bridgehead atoms. The molecule has 6 nitrogen and oxygen atoms in total. The minimum atomic E-state index is -0.0763. The molecule has 5 rings (SSSR count). The Labute approximate surface area is 159 Å².